The molecule has 32 heavy (non-hydrogen) atoms. The van der Waals surface area contributed by atoms with Crippen LogP contribution in [0.3, 0.4) is 0 Å². The number of halogens is 1. The van der Waals surface area contributed by atoms with E-state index in [0.29, 0.717) is 29.2 Å². The molecule has 4 rings (SSSR count). The van der Waals surface area contributed by atoms with Crippen LogP contribution in [0.2, 0.25) is 5.02 Å². The van der Waals surface area contributed by atoms with Gasteiger partial charge in [0.05, 0.1) is 40.9 Å². The molecule has 1 aliphatic rings. The van der Waals surface area contributed by atoms with Gasteiger partial charge in [0.2, 0.25) is 5.91 Å². The molecule has 0 aliphatic carbocycles. The first-order valence-corrected chi connectivity index (χ1v) is 11.0. The van der Waals surface area contributed by atoms with E-state index in [1.54, 1.807) is 35.3 Å². The summed E-state index contributed by atoms with van der Waals surface area (Å²) in [7, 11) is 0. The van der Waals surface area contributed by atoms with Crippen molar-refractivity contribution in [1.29, 1.82) is 0 Å². The van der Waals surface area contributed by atoms with Gasteiger partial charge in [0.25, 0.3) is 5.91 Å². The Morgan fingerprint density at radius 2 is 2.09 bits per heavy atom. The molecule has 1 aromatic carbocycles. The number of aromatic nitrogens is 3. The molecule has 1 fully saturated rings. The Balaban J connectivity index is 1.48. The third-order valence-corrected chi connectivity index (χ3v) is 5.89. The van der Waals surface area contributed by atoms with Crippen LogP contribution < -0.4 is 16.0 Å². The van der Waals surface area contributed by atoms with Crippen molar-refractivity contribution < 1.29 is 9.59 Å². The summed E-state index contributed by atoms with van der Waals surface area (Å²) in [6, 6.07) is 11.0. The van der Waals surface area contributed by atoms with Gasteiger partial charge in [-0.05, 0) is 49.6 Å². The van der Waals surface area contributed by atoms with Crippen LogP contribution in [-0.4, -0.2) is 39.7 Å². The molecule has 1 aliphatic heterocycles. The minimum Gasteiger partial charge on any atom is -0.369 e. The first-order valence-electron chi connectivity index (χ1n) is 10.6. The lowest BCUT2D eigenvalue weighted by molar-refractivity contribution is -0.122. The third kappa shape index (κ3) is 4.60. The second-order valence-electron chi connectivity index (χ2n) is 7.80. The number of pyridine rings is 1. The average molecular weight is 453 g/mol. The summed E-state index contributed by atoms with van der Waals surface area (Å²) in [5.74, 6) is 0.0745. The van der Waals surface area contributed by atoms with E-state index >= 15 is 0 Å². The molecule has 8 nitrogen and oxygen atoms in total. The summed E-state index contributed by atoms with van der Waals surface area (Å²) in [5, 5.41) is 7.89. The average Bonchev–Trinajstić information content (AvgIpc) is 3.24. The van der Waals surface area contributed by atoms with Crippen molar-refractivity contribution in [3.63, 3.8) is 0 Å². The third-order valence-electron chi connectivity index (χ3n) is 5.65. The zero-order valence-corrected chi connectivity index (χ0v) is 18.5. The van der Waals surface area contributed by atoms with Crippen molar-refractivity contribution in [1.82, 2.24) is 14.8 Å². The summed E-state index contributed by atoms with van der Waals surface area (Å²) in [5.41, 5.74) is 8.14. The fourth-order valence-electron chi connectivity index (χ4n) is 4.00. The number of rotatable bonds is 6. The molecular formula is C23H25ClN6O2. The van der Waals surface area contributed by atoms with Gasteiger partial charge >= 0.3 is 0 Å². The van der Waals surface area contributed by atoms with Gasteiger partial charge in [0.15, 0.2) is 0 Å². The molecule has 3 heterocycles. The maximum absolute atomic E-state index is 12.9. The van der Waals surface area contributed by atoms with Crippen LogP contribution in [-0.2, 0) is 11.2 Å². The summed E-state index contributed by atoms with van der Waals surface area (Å²) in [6.45, 7) is 3.37. The zero-order valence-electron chi connectivity index (χ0n) is 17.8. The monoisotopic (exact) mass is 452 g/mol. The van der Waals surface area contributed by atoms with E-state index in [1.807, 2.05) is 25.1 Å². The van der Waals surface area contributed by atoms with Gasteiger partial charge in [-0.3, -0.25) is 9.59 Å². The van der Waals surface area contributed by atoms with Gasteiger partial charge < -0.3 is 16.0 Å². The van der Waals surface area contributed by atoms with Crippen molar-refractivity contribution in [2.75, 3.05) is 23.3 Å². The number of carbonyl (C=O) groups excluding carboxylic acids is 2. The lowest BCUT2D eigenvalue weighted by atomic mass is 9.97. The normalized spacial score (nSPS) is 16.1. The molecule has 2 amide bonds. The van der Waals surface area contributed by atoms with Crippen LogP contribution in [0.1, 0.15) is 35.8 Å². The van der Waals surface area contributed by atoms with Crippen LogP contribution in [0.25, 0.3) is 5.69 Å². The first-order chi connectivity index (χ1) is 15.5. The molecule has 1 saturated heterocycles. The van der Waals surface area contributed by atoms with E-state index < -0.39 is 0 Å². The van der Waals surface area contributed by atoms with Gasteiger partial charge in [0.1, 0.15) is 5.82 Å². The summed E-state index contributed by atoms with van der Waals surface area (Å²) < 4.78 is 1.73. The minimum absolute atomic E-state index is 0.159. The Morgan fingerprint density at radius 1 is 1.25 bits per heavy atom. The molecule has 0 radical (unpaired) electrons. The predicted molar refractivity (Wildman–Crippen MR) is 124 cm³/mol. The van der Waals surface area contributed by atoms with E-state index in [-0.39, 0.29) is 17.7 Å². The number of nitrogens with zero attached hydrogens (tertiary/aromatic N) is 4. The van der Waals surface area contributed by atoms with Crippen LogP contribution >= 0.6 is 11.6 Å². The molecule has 166 valence electrons. The molecule has 0 bridgehead atoms. The van der Waals surface area contributed by atoms with Crippen LogP contribution in [0.5, 0.6) is 0 Å². The minimum atomic E-state index is -0.274. The zero-order chi connectivity index (χ0) is 22.7. The van der Waals surface area contributed by atoms with Crippen LogP contribution in [0.4, 0.5) is 11.5 Å². The molecule has 3 aromatic rings. The second kappa shape index (κ2) is 9.40. The highest BCUT2D eigenvalue weighted by Gasteiger charge is 2.25. The molecule has 1 atom stereocenters. The van der Waals surface area contributed by atoms with Crippen molar-refractivity contribution in [3.8, 4) is 5.69 Å². The maximum atomic E-state index is 12.9. The Hall–Kier alpha value is -3.39. The standard InChI is InChI=1S/C23H25ClN6O2/c1-2-20-19(13-27-30(20)18-7-3-6-16(24)11-18)23(32)28-17-8-9-21(26-12-17)29-10-4-5-15(14-29)22(25)31/h3,6-9,11-13,15H,2,4-5,10,14H2,1H3,(H2,25,31)(H,28,32). The van der Waals surface area contributed by atoms with Gasteiger partial charge in [-0.2, -0.15) is 5.10 Å². The highest BCUT2D eigenvalue weighted by atomic mass is 35.5. The number of piperidine rings is 1. The van der Waals surface area contributed by atoms with Crippen LogP contribution in [0, 0.1) is 5.92 Å². The first kappa shape index (κ1) is 21.8. The predicted octanol–water partition coefficient (Wildman–Crippen LogP) is 3.44. The van der Waals surface area contributed by atoms with Gasteiger partial charge in [-0.25, -0.2) is 9.67 Å². The van der Waals surface area contributed by atoms with Crippen molar-refractivity contribution in [3.05, 3.63) is 65.1 Å². The quantitative estimate of drug-likeness (QED) is 0.595. The molecule has 0 saturated carbocycles. The summed E-state index contributed by atoms with van der Waals surface area (Å²) in [4.78, 5) is 31.0. The Labute approximate surface area is 191 Å². The lowest BCUT2D eigenvalue weighted by Crippen LogP contribution is -2.41. The van der Waals surface area contributed by atoms with E-state index in [0.717, 1.165) is 36.6 Å². The molecule has 9 heteroatoms. The fraction of sp³-hybridized carbons (Fsp3) is 0.304. The Morgan fingerprint density at radius 3 is 2.78 bits per heavy atom. The number of nitrogens with two attached hydrogens (primary N) is 1. The smallest absolute Gasteiger partial charge is 0.259 e. The highest BCUT2D eigenvalue weighted by molar-refractivity contribution is 6.30. The second-order valence-corrected chi connectivity index (χ2v) is 8.23. The van der Waals surface area contributed by atoms with Crippen molar-refractivity contribution in [2.24, 2.45) is 11.7 Å². The summed E-state index contributed by atoms with van der Waals surface area (Å²) >= 11 is 6.11. The molecular weight excluding hydrogens is 428 g/mol. The van der Waals surface area contributed by atoms with E-state index in [4.69, 9.17) is 17.3 Å². The largest absolute Gasteiger partial charge is 0.369 e. The Bertz CT molecular complexity index is 1130. The molecule has 0 spiro atoms. The number of anilines is 2. The number of nitrogens with one attached hydrogen (secondary N) is 1. The number of benzene rings is 1. The van der Waals surface area contributed by atoms with Gasteiger partial charge in [-0.1, -0.05) is 24.6 Å². The number of carbonyl (C=O) groups is 2. The highest BCUT2D eigenvalue weighted by Crippen LogP contribution is 2.23. The molecule has 3 N–H and O–H groups in total. The van der Waals surface area contributed by atoms with Crippen molar-refractivity contribution >= 4 is 34.9 Å². The Kier molecular flexibility index (Phi) is 6.41. The fourth-order valence-corrected chi connectivity index (χ4v) is 4.18. The van der Waals surface area contributed by atoms with Crippen LogP contribution in [0.15, 0.2) is 48.8 Å². The van der Waals surface area contributed by atoms with Gasteiger partial charge in [0, 0.05) is 18.1 Å². The number of hydrogen-bond donors (Lipinski definition) is 2. The van der Waals surface area contributed by atoms with E-state index in [2.05, 4.69) is 20.3 Å². The van der Waals surface area contributed by atoms with E-state index in [1.165, 1.54) is 0 Å². The van der Waals surface area contributed by atoms with E-state index in [9.17, 15) is 9.59 Å². The van der Waals surface area contributed by atoms with Crippen molar-refractivity contribution in [2.45, 2.75) is 26.2 Å². The number of amides is 2. The molecule has 1 unspecified atom stereocenters. The maximum Gasteiger partial charge on any atom is 0.259 e. The number of primary amides is 1. The lowest BCUT2D eigenvalue weighted by Gasteiger charge is -2.32. The SMILES string of the molecule is CCc1c(C(=O)Nc2ccc(N3CCCC(C(N)=O)C3)nc2)cnn1-c1cccc(Cl)c1. The molecule has 2 aromatic heterocycles. The topological polar surface area (TPSA) is 106 Å². The van der Waals surface area contributed by atoms with Gasteiger partial charge in [-0.15, -0.1) is 0 Å². The number of hydrogen-bond acceptors (Lipinski definition) is 5. The summed E-state index contributed by atoms with van der Waals surface area (Å²) in [6.07, 6.45) is 5.51.